The molecule has 2 fully saturated rings. The Kier molecular flexibility index (Phi) is 6.16. The summed E-state index contributed by atoms with van der Waals surface area (Å²) >= 11 is 0. The fraction of sp³-hybridized carbons (Fsp3) is 0.345. The first-order chi connectivity index (χ1) is 17.8. The zero-order valence-electron chi connectivity index (χ0n) is 20.8. The molecule has 0 spiro atoms. The van der Waals surface area contributed by atoms with Crippen LogP contribution in [-0.4, -0.2) is 64.4 Å². The summed E-state index contributed by atoms with van der Waals surface area (Å²) in [5.41, 5.74) is 3.01. The second-order valence-electron chi connectivity index (χ2n) is 10.2. The molecule has 6 rings (SSSR count). The van der Waals surface area contributed by atoms with Crippen molar-refractivity contribution in [3.05, 3.63) is 72.3 Å². The average Bonchev–Trinajstić information content (AvgIpc) is 3.70. The highest BCUT2D eigenvalue weighted by molar-refractivity contribution is 7.90. The molecule has 0 atom stereocenters. The van der Waals surface area contributed by atoms with Crippen LogP contribution in [0.4, 0.5) is 5.69 Å². The minimum Gasteiger partial charge on any atom is -0.491 e. The maximum Gasteiger partial charge on any atom is 0.262 e. The van der Waals surface area contributed by atoms with E-state index in [1.165, 1.54) is 25.6 Å². The van der Waals surface area contributed by atoms with Gasteiger partial charge in [0.15, 0.2) is 9.84 Å². The van der Waals surface area contributed by atoms with Crippen molar-refractivity contribution in [1.82, 2.24) is 4.90 Å². The zero-order valence-corrected chi connectivity index (χ0v) is 21.6. The topological polar surface area (TPSA) is 76.2 Å². The lowest BCUT2D eigenvalue weighted by molar-refractivity contribution is 0.0172. The molecule has 3 aromatic carbocycles. The van der Waals surface area contributed by atoms with Gasteiger partial charge in [-0.3, -0.25) is 9.69 Å². The molecule has 0 bridgehead atoms. The Hall–Kier alpha value is -3.36. The Morgan fingerprint density at radius 2 is 1.65 bits per heavy atom. The molecular formula is C29H30N2O5S. The third-order valence-corrected chi connectivity index (χ3v) is 8.36. The molecule has 192 valence electrons. The number of likely N-dealkylation sites (tertiary alicyclic amines) is 1. The predicted molar refractivity (Wildman–Crippen MR) is 142 cm³/mol. The fourth-order valence-corrected chi connectivity index (χ4v) is 5.57. The van der Waals surface area contributed by atoms with Gasteiger partial charge in [0.05, 0.1) is 17.0 Å². The molecule has 0 aromatic heterocycles. The summed E-state index contributed by atoms with van der Waals surface area (Å²) in [6.45, 7) is 3.98. The van der Waals surface area contributed by atoms with E-state index in [9.17, 15) is 13.2 Å². The summed E-state index contributed by atoms with van der Waals surface area (Å²) in [5.74, 6) is 2.14. The highest BCUT2D eigenvalue weighted by atomic mass is 32.2. The van der Waals surface area contributed by atoms with Crippen LogP contribution in [0, 0.1) is 5.92 Å². The van der Waals surface area contributed by atoms with E-state index < -0.39 is 9.84 Å². The molecule has 1 saturated carbocycles. The number of benzene rings is 3. The van der Waals surface area contributed by atoms with Gasteiger partial charge < -0.3 is 14.4 Å². The van der Waals surface area contributed by atoms with Crippen molar-refractivity contribution in [3.8, 4) is 22.6 Å². The van der Waals surface area contributed by atoms with Gasteiger partial charge in [0, 0.05) is 31.6 Å². The first-order valence-electron chi connectivity index (χ1n) is 12.7. The Morgan fingerprint density at radius 3 is 2.32 bits per heavy atom. The normalized spacial score (nSPS) is 18.5. The lowest BCUT2D eigenvalue weighted by Gasteiger charge is -2.39. The smallest absolute Gasteiger partial charge is 0.262 e. The maximum atomic E-state index is 13.4. The van der Waals surface area contributed by atoms with Gasteiger partial charge in [-0.25, -0.2) is 8.42 Å². The Bertz CT molecular complexity index is 1410. The molecule has 2 heterocycles. The molecular weight excluding hydrogens is 488 g/mol. The van der Waals surface area contributed by atoms with Crippen molar-refractivity contribution in [2.75, 3.05) is 43.9 Å². The molecule has 8 heteroatoms. The third-order valence-electron chi connectivity index (χ3n) is 7.23. The van der Waals surface area contributed by atoms with Crippen LogP contribution in [0.25, 0.3) is 11.1 Å². The molecule has 0 N–H and O–H groups in total. The number of rotatable bonds is 7. The minimum atomic E-state index is -3.26. The SMILES string of the molecule is CS(=O)(=O)c1ccc(-c2ccc3c(c2)OCCN(c2ccc(OC4CN(CC5CC5)C4)cc2)C3=O)cc1. The van der Waals surface area contributed by atoms with Gasteiger partial charge in [0.25, 0.3) is 5.91 Å². The summed E-state index contributed by atoms with van der Waals surface area (Å²) in [6, 6.07) is 19.9. The van der Waals surface area contributed by atoms with Crippen LogP contribution in [0.15, 0.2) is 71.6 Å². The van der Waals surface area contributed by atoms with Crippen molar-refractivity contribution in [1.29, 1.82) is 0 Å². The number of amides is 1. The number of carbonyl (C=O) groups is 1. The van der Waals surface area contributed by atoms with Gasteiger partial charge in [-0.2, -0.15) is 0 Å². The molecule has 0 unspecified atom stereocenters. The Morgan fingerprint density at radius 1 is 0.946 bits per heavy atom. The molecule has 1 saturated heterocycles. The monoisotopic (exact) mass is 518 g/mol. The Balaban J connectivity index is 1.14. The van der Waals surface area contributed by atoms with E-state index in [1.807, 2.05) is 36.4 Å². The molecule has 1 amide bonds. The van der Waals surface area contributed by atoms with E-state index in [2.05, 4.69) is 4.90 Å². The Labute approximate surface area is 217 Å². The number of fused-ring (bicyclic) bond motifs is 1. The van der Waals surface area contributed by atoms with Crippen LogP contribution in [-0.2, 0) is 9.84 Å². The summed E-state index contributed by atoms with van der Waals surface area (Å²) in [6.07, 6.45) is 4.17. The van der Waals surface area contributed by atoms with Crippen molar-refractivity contribution in [3.63, 3.8) is 0 Å². The largest absolute Gasteiger partial charge is 0.491 e. The third kappa shape index (κ3) is 5.22. The number of nitrogens with zero attached hydrogens (tertiary/aromatic N) is 2. The van der Waals surface area contributed by atoms with Crippen molar-refractivity contribution in [2.45, 2.75) is 23.8 Å². The molecule has 1 aliphatic carbocycles. The van der Waals surface area contributed by atoms with Crippen LogP contribution in [0.5, 0.6) is 11.5 Å². The molecule has 37 heavy (non-hydrogen) atoms. The van der Waals surface area contributed by atoms with Crippen molar-refractivity contribution < 1.29 is 22.7 Å². The number of hydrogen-bond acceptors (Lipinski definition) is 6. The van der Waals surface area contributed by atoms with Gasteiger partial charge in [0.1, 0.15) is 24.2 Å². The molecule has 2 aliphatic heterocycles. The number of ether oxygens (including phenoxy) is 2. The van der Waals surface area contributed by atoms with E-state index in [4.69, 9.17) is 9.47 Å². The van der Waals surface area contributed by atoms with Crippen molar-refractivity contribution in [2.24, 2.45) is 5.92 Å². The van der Waals surface area contributed by atoms with Crippen LogP contribution in [0.1, 0.15) is 23.2 Å². The van der Waals surface area contributed by atoms with Crippen LogP contribution in [0.2, 0.25) is 0 Å². The maximum absolute atomic E-state index is 13.4. The highest BCUT2D eigenvalue weighted by Gasteiger charge is 2.33. The van der Waals surface area contributed by atoms with E-state index in [0.717, 1.165) is 41.6 Å². The standard InChI is InChI=1S/C29H30N2O5S/c1-37(33,34)26-11-4-21(5-12-26)22-6-13-27-28(16-22)35-15-14-31(29(27)32)23-7-9-24(10-8-23)36-25-18-30(19-25)17-20-2-3-20/h4-13,16,20,25H,2-3,14-15,17-19H2,1H3. The van der Waals surface area contributed by atoms with E-state index in [-0.39, 0.29) is 16.9 Å². The number of sulfone groups is 1. The second kappa shape index (κ2) is 9.50. The van der Waals surface area contributed by atoms with E-state index >= 15 is 0 Å². The average molecular weight is 519 g/mol. The summed E-state index contributed by atoms with van der Waals surface area (Å²) in [4.78, 5) is 17.9. The minimum absolute atomic E-state index is 0.116. The van der Waals surface area contributed by atoms with Gasteiger partial charge in [-0.1, -0.05) is 18.2 Å². The first kappa shape index (κ1) is 24.0. The van der Waals surface area contributed by atoms with Gasteiger partial charge in [-0.05, 0) is 78.4 Å². The lowest BCUT2D eigenvalue weighted by atomic mass is 10.0. The predicted octanol–water partition coefficient (Wildman–Crippen LogP) is 4.27. The van der Waals surface area contributed by atoms with Crippen LogP contribution >= 0.6 is 0 Å². The second-order valence-corrected chi connectivity index (χ2v) is 12.2. The highest BCUT2D eigenvalue weighted by Crippen LogP contribution is 2.33. The van der Waals surface area contributed by atoms with Gasteiger partial charge in [0.2, 0.25) is 0 Å². The molecule has 3 aliphatic rings. The fourth-order valence-electron chi connectivity index (χ4n) is 4.94. The number of carbonyl (C=O) groups excluding carboxylic acids is 1. The lowest BCUT2D eigenvalue weighted by Crippen LogP contribution is -2.54. The van der Waals surface area contributed by atoms with Crippen molar-refractivity contribution >= 4 is 21.4 Å². The van der Waals surface area contributed by atoms with Crippen LogP contribution in [0.3, 0.4) is 0 Å². The van der Waals surface area contributed by atoms with Gasteiger partial charge in [-0.15, -0.1) is 0 Å². The van der Waals surface area contributed by atoms with E-state index in [1.54, 1.807) is 35.2 Å². The summed E-state index contributed by atoms with van der Waals surface area (Å²) in [5, 5.41) is 0. The molecule has 0 radical (unpaired) electrons. The number of hydrogen-bond donors (Lipinski definition) is 0. The number of anilines is 1. The van der Waals surface area contributed by atoms with Crippen LogP contribution < -0.4 is 14.4 Å². The molecule has 7 nitrogen and oxygen atoms in total. The quantitative estimate of drug-likeness (QED) is 0.465. The molecule has 3 aromatic rings. The summed E-state index contributed by atoms with van der Waals surface area (Å²) < 4.78 is 35.6. The van der Waals surface area contributed by atoms with Gasteiger partial charge >= 0.3 is 0 Å². The first-order valence-corrected chi connectivity index (χ1v) is 14.6. The summed E-state index contributed by atoms with van der Waals surface area (Å²) in [7, 11) is -3.26. The van der Waals surface area contributed by atoms with E-state index in [0.29, 0.717) is 24.5 Å². The zero-order chi connectivity index (χ0) is 25.6.